The lowest BCUT2D eigenvalue weighted by molar-refractivity contribution is 0.225. The predicted molar refractivity (Wildman–Crippen MR) is 125 cm³/mol. The molecule has 0 bridgehead atoms. The van der Waals surface area contributed by atoms with E-state index in [0.29, 0.717) is 25.0 Å². The molecule has 6 heteroatoms. The molecule has 1 spiro atoms. The monoisotopic (exact) mass is 436 g/mol. The number of benzene rings is 2. The van der Waals surface area contributed by atoms with Gasteiger partial charge in [-0.25, -0.2) is 9.38 Å². The van der Waals surface area contributed by atoms with Crippen LogP contribution < -0.4 is 5.73 Å². The first-order chi connectivity index (χ1) is 16.1. The highest BCUT2D eigenvalue weighted by molar-refractivity contribution is 5.76. The summed E-state index contributed by atoms with van der Waals surface area (Å²) in [5.41, 5.74) is 12.6. The van der Waals surface area contributed by atoms with Crippen LogP contribution in [-0.2, 0) is 16.7 Å². The number of fused-ring (bicyclic) bond motifs is 4. The van der Waals surface area contributed by atoms with Gasteiger partial charge in [0.15, 0.2) is 0 Å². The molecule has 1 unspecified atom stereocenters. The van der Waals surface area contributed by atoms with Crippen LogP contribution in [0.4, 0.5) is 4.39 Å². The van der Waals surface area contributed by atoms with Crippen molar-refractivity contribution in [2.45, 2.75) is 18.4 Å². The van der Waals surface area contributed by atoms with Gasteiger partial charge in [-0.05, 0) is 80.9 Å². The molecule has 33 heavy (non-hydrogen) atoms. The van der Waals surface area contributed by atoms with Crippen molar-refractivity contribution < 1.29 is 9.13 Å². The molecule has 2 aromatic carbocycles. The van der Waals surface area contributed by atoms with Crippen LogP contribution in [0, 0.1) is 5.82 Å². The molecule has 4 aromatic rings. The molecule has 0 saturated heterocycles. The topological polar surface area (TPSA) is 73.4 Å². The van der Waals surface area contributed by atoms with Gasteiger partial charge in [-0.3, -0.25) is 9.97 Å². The molecule has 2 aliphatic rings. The summed E-state index contributed by atoms with van der Waals surface area (Å²) in [5.74, 6) is -0.235. The summed E-state index contributed by atoms with van der Waals surface area (Å²) in [7, 11) is 0. The fourth-order valence-electron chi connectivity index (χ4n) is 5.03. The standard InChI is InChI=1S/C27H21FN4O/c28-25-15-21(17-5-9-30-10-6-17)14-24-22(25)12-19-4-3-18(20-2-1-8-31-16-20)13-23(19)27(24)7-11-33-26(29)32-27/h1-6,8-10,13-16H,7,11-12H2,(H2,29,32). The maximum Gasteiger partial charge on any atom is 0.283 e. The molecular formula is C27H21FN4O. The van der Waals surface area contributed by atoms with E-state index in [2.05, 4.69) is 34.2 Å². The highest BCUT2D eigenvalue weighted by atomic mass is 19.1. The van der Waals surface area contributed by atoms with Crippen LogP contribution >= 0.6 is 0 Å². The third-order valence-corrected chi connectivity index (χ3v) is 6.59. The molecule has 5 nitrogen and oxygen atoms in total. The van der Waals surface area contributed by atoms with Gasteiger partial charge in [-0.2, -0.15) is 0 Å². The number of nitrogens with two attached hydrogens (primary N) is 1. The minimum Gasteiger partial charge on any atom is -0.465 e. The molecule has 1 aliphatic carbocycles. The van der Waals surface area contributed by atoms with Gasteiger partial charge in [0.05, 0.1) is 6.61 Å². The van der Waals surface area contributed by atoms with E-state index in [9.17, 15) is 0 Å². The van der Waals surface area contributed by atoms with Crippen molar-refractivity contribution in [2.75, 3.05) is 6.61 Å². The molecule has 3 heterocycles. The lowest BCUT2D eigenvalue weighted by Crippen LogP contribution is -2.40. The number of pyridine rings is 2. The number of hydrogen-bond donors (Lipinski definition) is 1. The quantitative estimate of drug-likeness (QED) is 0.488. The number of nitrogens with zero attached hydrogens (tertiary/aromatic N) is 3. The maximum atomic E-state index is 15.6. The Morgan fingerprint density at radius 2 is 1.70 bits per heavy atom. The zero-order valence-corrected chi connectivity index (χ0v) is 17.8. The van der Waals surface area contributed by atoms with E-state index in [4.69, 9.17) is 15.5 Å². The number of amidine groups is 1. The van der Waals surface area contributed by atoms with Gasteiger partial charge >= 0.3 is 0 Å². The molecular weight excluding hydrogens is 415 g/mol. The average Bonchev–Trinajstić information content (AvgIpc) is 2.86. The molecule has 0 amide bonds. The van der Waals surface area contributed by atoms with E-state index in [1.165, 1.54) is 0 Å². The number of hydrogen-bond acceptors (Lipinski definition) is 5. The fraction of sp³-hybridized carbons (Fsp3) is 0.148. The van der Waals surface area contributed by atoms with E-state index < -0.39 is 5.54 Å². The summed E-state index contributed by atoms with van der Waals surface area (Å²) >= 11 is 0. The van der Waals surface area contributed by atoms with Gasteiger partial charge in [0.2, 0.25) is 0 Å². The van der Waals surface area contributed by atoms with Crippen molar-refractivity contribution in [3.05, 3.63) is 107 Å². The lowest BCUT2D eigenvalue weighted by Gasteiger charge is -2.40. The highest BCUT2D eigenvalue weighted by Crippen LogP contribution is 2.49. The second kappa shape index (κ2) is 7.52. The SMILES string of the molecule is NC1=NC2(CCO1)c1cc(-c3cccnc3)ccc1Cc1c(F)cc(-c3ccncc3)cc12. The number of aliphatic imine (C=N–C) groups is 1. The van der Waals surface area contributed by atoms with Crippen molar-refractivity contribution in [1.29, 1.82) is 0 Å². The maximum absolute atomic E-state index is 15.6. The number of aromatic nitrogens is 2. The summed E-state index contributed by atoms with van der Waals surface area (Å²) in [5, 5.41) is 0. The Bertz CT molecular complexity index is 1390. The molecule has 2 N–H and O–H groups in total. The van der Waals surface area contributed by atoms with Crippen LogP contribution in [-0.4, -0.2) is 22.6 Å². The van der Waals surface area contributed by atoms with Crippen molar-refractivity contribution in [3.63, 3.8) is 0 Å². The van der Waals surface area contributed by atoms with Gasteiger partial charge in [0.1, 0.15) is 11.4 Å². The molecule has 0 fully saturated rings. The Morgan fingerprint density at radius 3 is 2.48 bits per heavy atom. The Balaban J connectivity index is 1.61. The van der Waals surface area contributed by atoms with Crippen LogP contribution in [0.25, 0.3) is 22.3 Å². The average molecular weight is 436 g/mol. The first kappa shape index (κ1) is 19.6. The number of halogens is 1. The third-order valence-electron chi connectivity index (χ3n) is 6.59. The molecule has 1 atom stereocenters. The van der Waals surface area contributed by atoms with E-state index in [1.807, 2.05) is 30.5 Å². The molecule has 6 rings (SSSR count). The van der Waals surface area contributed by atoms with Crippen molar-refractivity contribution in [1.82, 2.24) is 9.97 Å². The van der Waals surface area contributed by atoms with Gasteiger partial charge in [-0.1, -0.05) is 18.2 Å². The Morgan fingerprint density at radius 1 is 0.848 bits per heavy atom. The lowest BCUT2D eigenvalue weighted by atomic mass is 9.69. The minimum atomic E-state index is -0.812. The summed E-state index contributed by atoms with van der Waals surface area (Å²) in [4.78, 5) is 13.2. The van der Waals surface area contributed by atoms with Crippen LogP contribution in [0.1, 0.15) is 28.7 Å². The zero-order chi connectivity index (χ0) is 22.4. The van der Waals surface area contributed by atoms with Gasteiger partial charge in [0.25, 0.3) is 6.02 Å². The molecule has 2 aromatic heterocycles. The van der Waals surface area contributed by atoms with E-state index in [1.54, 1.807) is 24.7 Å². The second-order valence-corrected chi connectivity index (χ2v) is 8.42. The Hall–Kier alpha value is -4.06. The van der Waals surface area contributed by atoms with Crippen LogP contribution in [0.3, 0.4) is 0 Å². The summed E-state index contributed by atoms with van der Waals surface area (Å²) in [6.07, 6.45) is 8.09. The van der Waals surface area contributed by atoms with Gasteiger partial charge < -0.3 is 10.5 Å². The normalized spacial score (nSPS) is 18.8. The van der Waals surface area contributed by atoms with Crippen molar-refractivity contribution in [2.24, 2.45) is 10.7 Å². The first-order valence-electron chi connectivity index (χ1n) is 10.9. The zero-order valence-electron chi connectivity index (χ0n) is 17.8. The molecule has 0 saturated carbocycles. The van der Waals surface area contributed by atoms with E-state index in [0.717, 1.165) is 38.9 Å². The van der Waals surface area contributed by atoms with E-state index in [-0.39, 0.29) is 11.8 Å². The number of ether oxygens (including phenoxy) is 1. The minimum absolute atomic E-state index is 0.126. The van der Waals surface area contributed by atoms with Crippen LogP contribution in [0.15, 0.2) is 84.4 Å². The summed E-state index contributed by atoms with van der Waals surface area (Å²) in [6, 6.07) is 17.8. The van der Waals surface area contributed by atoms with Gasteiger partial charge in [-0.15, -0.1) is 0 Å². The molecule has 0 radical (unpaired) electrons. The van der Waals surface area contributed by atoms with Gasteiger partial charge in [0, 0.05) is 37.6 Å². The van der Waals surface area contributed by atoms with Crippen LogP contribution in [0.5, 0.6) is 0 Å². The van der Waals surface area contributed by atoms with Crippen molar-refractivity contribution >= 4 is 6.02 Å². The Labute approximate surface area is 190 Å². The van der Waals surface area contributed by atoms with E-state index >= 15 is 4.39 Å². The smallest absolute Gasteiger partial charge is 0.283 e. The first-order valence-corrected chi connectivity index (χ1v) is 10.9. The molecule has 162 valence electrons. The number of rotatable bonds is 2. The third kappa shape index (κ3) is 3.18. The summed E-state index contributed by atoms with van der Waals surface area (Å²) < 4.78 is 21.1. The second-order valence-electron chi connectivity index (χ2n) is 8.42. The van der Waals surface area contributed by atoms with Crippen molar-refractivity contribution in [3.8, 4) is 22.3 Å². The summed E-state index contributed by atoms with van der Waals surface area (Å²) in [6.45, 7) is 0.409. The van der Waals surface area contributed by atoms with Crippen LogP contribution in [0.2, 0.25) is 0 Å². The largest absolute Gasteiger partial charge is 0.465 e. The fourth-order valence-corrected chi connectivity index (χ4v) is 5.03. The predicted octanol–water partition coefficient (Wildman–Crippen LogP) is 4.83. The highest BCUT2D eigenvalue weighted by Gasteiger charge is 2.44. The Kier molecular flexibility index (Phi) is 4.47. The molecule has 1 aliphatic heterocycles.